The van der Waals surface area contributed by atoms with Gasteiger partial charge in [0, 0.05) is 38.2 Å². The van der Waals surface area contributed by atoms with Gasteiger partial charge in [0.2, 0.25) is 10.0 Å². The minimum atomic E-state index is -3.47. The minimum Gasteiger partial charge on any atom is -0.334 e. The van der Waals surface area contributed by atoms with Gasteiger partial charge in [-0.05, 0) is 35.4 Å². The average molecular weight is 424 g/mol. The number of nitrogens with one attached hydrogen (secondary N) is 1. The molecule has 1 N–H and O–H groups in total. The van der Waals surface area contributed by atoms with Crippen LogP contribution >= 0.6 is 11.6 Å². The zero-order chi connectivity index (χ0) is 20.7. The molecule has 0 fully saturated rings. The van der Waals surface area contributed by atoms with Crippen LogP contribution in [-0.4, -0.2) is 43.8 Å². The molecule has 0 saturated carbocycles. The van der Waals surface area contributed by atoms with Gasteiger partial charge in [-0.2, -0.15) is 4.31 Å². The van der Waals surface area contributed by atoms with E-state index in [2.05, 4.69) is 5.32 Å². The van der Waals surface area contributed by atoms with Crippen LogP contribution in [0.15, 0.2) is 53.4 Å². The van der Waals surface area contributed by atoms with Crippen molar-refractivity contribution in [3.05, 3.63) is 64.7 Å². The Kier molecular flexibility index (Phi) is 7.86. The molecule has 2 amide bonds. The fourth-order valence-electron chi connectivity index (χ4n) is 2.79. The van der Waals surface area contributed by atoms with Gasteiger partial charge in [-0.1, -0.05) is 49.7 Å². The standard InChI is InChI=1S/C20H26ClN3O3S/c1-4-24(5-2)28(26,27)19-11-9-16(10-12-19)14-22-20(25)23(3)15-17-7-6-8-18(21)13-17/h6-13H,4-5,14-15H2,1-3H3,(H,22,25). The highest BCUT2D eigenvalue weighted by molar-refractivity contribution is 7.89. The second-order valence-electron chi connectivity index (χ2n) is 6.38. The number of hydrogen-bond acceptors (Lipinski definition) is 3. The van der Waals surface area contributed by atoms with Gasteiger partial charge in [0.05, 0.1) is 4.90 Å². The van der Waals surface area contributed by atoms with Gasteiger partial charge in [0.1, 0.15) is 0 Å². The molecule has 0 saturated heterocycles. The number of urea groups is 1. The summed E-state index contributed by atoms with van der Waals surface area (Å²) >= 11 is 5.97. The van der Waals surface area contributed by atoms with E-state index in [9.17, 15) is 13.2 Å². The molecular weight excluding hydrogens is 398 g/mol. The monoisotopic (exact) mass is 423 g/mol. The van der Waals surface area contributed by atoms with Crippen LogP contribution in [0.3, 0.4) is 0 Å². The van der Waals surface area contributed by atoms with Crippen molar-refractivity contribution in [3.63, 3.8) is 0 Å². The number of hydrogen-bond donors (Lipinski definition) is 1. The fourth-order valence-corrected chi connectivity index (χ4v) is 4.46. The van der Waals surface area contributed by atoms with Crippen molar-refractivity contribution < 1.29 is 13.2 Å². The Hall–Kier alpha value is -2.09. The van der Waals surface area contributed by atoms with E-state index in [1.165, 1.54) is 4.31 Å². The number of rotatable bonds is 8. The molecule has 0 aliphatic rings. The molecule has 0 atom stereocenters. The summed E-state index contributed by atoms with van der Waals surface area (Å²) in [5.41, 5.74) is 1.76. The van der Waals surface area contributed by atoms with Crippen molar-refractivity contribution in [2.45, 2.75) is 31.8 Å². The van der Waals surface area contributed by atoms with Gasteiger partial charge in [0.25, 0.3) is 0 Å². The third-order valence-electron chi connectivity index (χ3n) is 4.37. The van der Waals surface area contributed by atoms with Gasteiger partial charge in [-0.15, -0.1) is 0 Å². The molecule has 6 nitrogen and oxygen atoms in total. The Morgan fingerprint density at radius 1 is 1.04 bits per heavy atom. The van der Waals surface area contributed by atoms with Crippen LogP contribution in [0.25, 0.3) is 0 Å². The van der Waals surface area contributed by atoms with E-state index in [4.69, 9.17) is 11.6 Å². The van der Waals surface area contributed by atoms with Crippen LogP contribution < -0.4 is 5.32 Å². The summed E-state index contributed by atoms with van der Waals surface area (Å²) in [6.45, 7) is 5.22. The molecule has 2 aromatic carbocycles. The van der Waals surface area contributed by atoms with Gasteiger partial charge in [-0.25, -0.2) is 13.2 Å². The van der Waals surface area contributed by atoms with Crippen LogP contribution in [0.5, 0.6) is 0 Å². The predicted molar refractivity (Wildman–Crippen MR) is 112 cm³/mol. The first-order valence-electron chi connectivity index (χ1n) is 9.10. The van der Waals surface area contributed by atoms with E-state index < -0.39 is 10.0 Å². The zero-order valence-electron chi connectivity index (χ0n) is 16.4. The number of nitrogens with zero attached hydrogens (tertiary/aromatic N) is 2. The molecule has 0 spiro atoms. The molecule has 152 valence electrons. The first-order valence-corrected chi connectivity index (χ1v) is 10.9. The first kappa shape index (κ1) is 22.2. The van der Waals surface area contributed by atoms with Crippen LogP contribution in [0.1, 0.15) is 25.0 Å². The molecular formula is C20H26ClN3O3S. The van der Waals surface area contributed by atoms with Gasteiger partial charge in [0.15, 0.2) is 0 Å². The average Bonchev–Trinajstić information content (AvgIpc) is 2.67. The molecule has 28 heavy (non-hydrogen) atoms. The number of sulfonamides is 1. The second kappa shape index (κ2) is 9.91. The quantitative estimate of drug-likeness (QED) is 0.703. The number of halogens is 1. The summed E-state index contributed by atoms with van der Waals surface area (Å²) in [7, 11) is -1.77. The summed E-state index contributed by atoms with van der Waals surface area (Å²) in [6.07, 6.45) is 0. The summed E-state index contributed by atoms with van der Waals surface area (Å²) in [6, 6.07) is 13.7. The summed E-state index contributed by atoms with van der Waals surface area (Å²) in [5.74, 6) is 0. The fraction of sp³-hybridized carbons (Fsp3) is 0.350. The summed E-state index contributed by atoms with van der Waals surface area (Å²) < 4.78 is 26.4. The third kappa shape index (κ3) is 5.70. The number of carbonyl (C=O) groups excluding carboxylic acids is 1. The van der Waals surface area contributed by atoms with E-state index >= 15 is 0 Å². The maximum Gasteiger partial charge on any atom is 0.317 e. The van der Waals surface area contributed by atoms with E-state index in [0.29, 0.717) is 31.2 Å². The molecule has 0 aliphatic carbocycles. The first-order chi connectivity index (χ1) is 13.3. The summed E-state index contributed by atoms with van der Waals surface area (Å²) in [4.78, 5) is 14.1. The highest BCUT2D eigenvalue weighted by Crippen LogP contribution is 2.16. The van der Waals surface area contributed by atoms with Crippen LogP contribution in [-0.2, 0) is 23.1 Å². The molecule has 8 heteroatoms. The summed E-state index contributed by atoms with van der Waals surface area (Å²) in [5, 5.41) is 3.46. The Morgan fingerprint density at radius 3 is 2.25 bits per heavy atom. The number of benzene rings is 2. The molecule has 0 bridgehead atoms. The normalized spacial score (nSPS) is 11.5. The van der Waals surface area contributed by atoms with Crippen molar-refractivity contribution >= 4 is 27.7 Å². The van der Waals surface area contributed by atoms with Gasteiger partial charge >= 0.3 is 6.03 Å². The van der Waals surface area contributed by atoms with E-state index in [1.54, 1.807) is 42.3 Å². The van der Waals surface area contributed by atoms with E-state index in [1.807, 2.05) is 32.0 Å². The van der Waals surface area contributed by atoms with Crippen LogP contribution in [0.4, 0.5) is 4.79 Å². The lowest BCUT2D eigenvalue weighted by Crippen LogP contribution is -2.36. The lowest BCUT2D eigenvalue weighted by atomic mass is 10.2. The Bertz CT molecular complexity index is 897. The molecule has 0 aliphatic heterocycles. The maximum atomic E-state index is 12.5. The molecule has 0 heterocycles. The van der Waals surface area contributed by atoms with Gasteiger partial charge < -0.3 is 10.2 Å². The lowest BCUT2D eigenvalue weighted by Gasteiger charge is -2.19. The molecule has 2 rings (SSSR count). The lowest BCUT2D eigenvalue weighted by molar-refractivity contribution is 0.206. The zero-order valence-corrected chi connectivity index (χ0v) is 17.9. The topological polar surface area (TPSA) is 69.7 Å². The van der Waals surface area contributed by atoms with E-state index in [-0.39, 0.29) is 10.9 Å². The smallest absolute Gasteiger partial charge is 0.317 e. The molecule has 0 unspecified atom stereocenters. The van der Waals surface area contributed by atoms with Crippen LogP contribution in [0.2, 0.25) is 5.02 Å². The van der Waals surface area contributed by atoms with Crippen LogP contribution in [0, 0.1) is 0 Å². The minimum absolute atomic E-state index is 0.222. The highest BCUT2D eigenvalue weighted by atomic mass is 35.5. The highest BCUT2D eigenvalue weighted by Gasteiger charge is 2.21. The number of amides is 2. The number of carbonyl (C=O) groups is 1. The Balaban J connectivity index is 1.94. The SMILES string of the molecule is CCN(CC)S(=O)(=O)c1ccc(CNC(=O)N(C)Cc2cccc(Cl)c2)cc1. The second-order valence-corrected chi connectivity index (χ2v) is 8.75. The molecule has 2 aromatic rings. The van der Waals surface area contributed by atoms with Crippen molar-refractivity contribution in [2.75, 3.05) is 20.1 Å². The van der Waals surface area contributed by atoms with Gasteiger partial charge in [-0.3, -0.25) is 0 Å². The van der Waals surface area contributed by atoms with Crippen molar-refractivity contribution in [2.24, 2.45) is 0 Å². The third-order valence-corrected chi connectivity index (χ3v) is 6.66. The van der Waals surface area contributed by atoms with E-state index in [0.717, 1.165) is 11.1 Å². The van der Waals surface area contributed by atoms with Crippen molar-refractivity contribution in [3.8, 4) is 0 Å². The Labute approximate surface area is 172 Å². The van der Waals surface area contributed by atoms with Crippen molar-refractivity contribution in [1.29, 1.82) is 0 Å². The van der Waals surface area contributed by atoms with Crippen molar-refractivity contribution in [1.82, 2.24) is 14.5 Å². The predicted octanol–water partition coefficient (Wildman–Crippen LogP) is 3.71. The molecule has 0 radical (unpaired) electrons. The Morgan fingerprint density at radius 2 is 1.68 bits per heavy atom. The largest absolute Gasteiger partial charge is 0.334 e. The molecule has 0 aromatic heterocycles. The maximum absolute atomic E-state index is 12.5.